The fourth-order valence-electron chi connectivity index (χ4n) is 2.73. The number of aromatic nitrogens is 1. The molecule has 0 fully saturated rings. The Morgan fingerprint density at radius 2 is 1.81 bits per heavy atom. The Bertz CT molecular complexity index is 964. The molecule has 6 nitrogen and oxygen atoms in total. The van der Waals surface area contributed by atoms with Gasteiger partial charge >= 0.3 is 0 Å². The van der Waals surface area contributed by atoms with Crippen molar-refractivity contribution in [3.05, 3.63) is 54.0 Å². The van der Waals surface area contributed by atoms with Gasteiger partial charge in [0, 0.05) is 23.6 Å². The molecule has 0 amide bonds. The van der Waals surface area contributed by atoms with Crippen LogP contribution in [-0.2, 0) is 17.7 Å². The van der Waals surface area contributed by atoms with Gasteiger partial charge in [-0.3, -0.25) is 4.98 Å². The molecular weight excluding hydrogens is 357 g/mol. The Kier molecular flexibility index (Phi) is 5.46. The number of hydrogen-bond acceptors (Lipinski definition) is 4. The minimum Gasteiger partial charge on any atom is -0.493 e. The van der Waals surface area contributed by atoms with Crippen molar-refractivity contribution in [2.24, 2.45) is 5.14 Å². The van der Waals surface area contributed by atoms with Crippen LogP contribution in [0.3, 0.4) is 0 Å². The first-order valence-electron chi connectivity index (χ1n) is 7.72. The summed E-state index contributed by atoms with van der Waals surface area (Å²) in [6.07, 6.45) is 1.19. The second-order valence-electron chi connectivity index (χ2n) is 5.52. The number of hydrogen-bond donors (Lipinski definition) is 2. The predicted molar refractivity (Wildman–Crippen MR) is 99.4 cm³/mol. The lowest BCUT2D eigenvalue weighted by molar-refractivity contribution is 0.356. The van der Waals surface area contributed by atoms with Gasteiger partial charge < -0.3 is 9.47 Å². The highest BCUT2D eigenvalue weighted by Crippen LogP contribution is 2.37. The quantitative estimate of drug-likeness (QED) is 0.694. The Morgan fingerprint density at radius 3 is 2.42 bits per heavy atom. The third-order valence-electron chi connectivity index (χ3n) is 3.99. The first-order chi connectivity index (χ1) is 12.5. The predicted octanol–water partition coefficient (Wildman–Crippen LogP) is 2.69. The number of fused-ring (bicyclic) bond motifs is 1. The van der Waals surface area contributed by atoms with Crippen LogP contribution in [0.5, 0.6) is 11.5 Å². The molecule has 3 rings (SSSR count). The summed E-state index contributed by atoms with van der Waals surface area (Å²) < 4.78 is 38.7. The van der Waals surface area contributed by atoms with E-state index < -0.39 is 17.0 Å². The molecule has 0 radical (unpaired) electrons. The summed E-state index contributed by atoms with van der Waals surface area (Å²) in [4.78, 5) is 4.15. The van der Waals surface area contributed by atoms with Crippen LogP contribution in [0, 0.1) is 5.82 Å². The number of benzene rings is 2. The zero-order valence-electron chi connectivity index (χ0n) is 14.3. The maximum absolute atomic E-state index is 14.6. The molecule has 0 aliphatic heterocycles. The Morgan fingerprint density at radius 1 is 1.15 bits per heavy atom. The fraction of sp³-hybridized carbons (Fsp3) is 0.167. The van der Waals surface area contributed by atoms with Crippen molar-refractivity contribution < 1.29 is 18.1 Å². The number of nitrogens with two attached hydrogens (primary N) is 1. The van der Waals surface area contributed by atoms with Crippen molar-refractivity contribution in [2.45, 2.75) is 6.54 Å². The second-order valence-corrected chi connectivity index (χ2v) is 6.40. The molecule has 0 saturated heterocycles. The molecule has 0 bridgehead atoms. The third kappa shape index (κ3) is 3.67. The van der Waals surface area contributed by atoms with Gasteiger partial charge in [-0.05, 0) is 17.2 Å². The Labute approximate surface area is 152 Å². The Balaban J connectivity index is 2.08. The Hall–Kier alpha value is -2.55. The second kappa shape index (κ2) is 7.77. The standard InChI is InChI=1S/C18H18FN3O3S/c1-24-16-7-13-15(8-17(16)25-2)21-10-14(19)18(13)12-5-3-11(4-6-12)9-22-26(20)23/h3-8,10,22H,9,20H2,1-2H3. The summed E-state index contributed by atoms with van der Waals surface area (Å²) in [6.45, 7) is 0.355. The molecule has 3 N–H and O–H groups in total. The topological polar surface area (TPSA) is 86.5 Å². The molecule has 136 valence electrons. The van der Waals surface area contributed by atoms with Crippen molar-refractivity contribution in [3.63, 3.8) is 0 Å². The zero-order chi connectivity index (χ0) is 18.7. The largest absolute Gasteiger partial charge is 0.493 e. The number of methoxy groups -OCH3 is 2. The van der Waals surface area contributed by atoms with Gasteiger partial charge in [0.15, 0.2) is 22.7 Å². The zero-order valence-corrected chi connectivity index (χ0v) is 15.1. The van der Waals surface area contributed by atoms with Crippen LogP contribution in [0.25, 0.3) is 22.0 Å². The van der Waals surface area contributed by atoms with Gasteiger partial charge in [-0.25, -0.2) is 18.5 Å². The van der Waals surface area contributed by atoms with Crippen molar-refractivity contribution in [3.8, 4) is 22.6 Å². The third-order valence-corrected chi connectivity index (χ3v) is 4.42. The van der Waals surface area contributed by atoms with E-state index in [9.17, 15) is 8.60 Å². The molecule has 1 heterocycles. The van der Waals surface area contributed by atoms with Gasteiger partial charge in [-0.15, -0.1) is 0 Å². The SMILES string of the molecule is COc1cc2ncc(F)c(-c3ccc(CNS(N)=O)cc3)c2cc1OC. The summed E-state index contributed by atoms with van der Waals surface area (Å²) in [5.41, 5.74) is 2.60. The molecule has 0 spiro atoms. The highest BCUT2D eigenvalue weighted by Gasteiger charge is 2.15. The monoisotopic (exact) mass is 375 g/mol. The van der Waals surface area contributed by atoms with Gasteiger partial charge in [0.25, 0.3) is 0 Å². The van der Waals surface area contributed by atoms with Crippen LogP contribution >= 0.6 is 0 Å². The average Bonchev–Trinajstić information content (AvgIpc) is 2.65. The normalized spacial score (nSPS) is 12.2. The summed E-state index contributed by atoms with van der Waals surface area (Å²) in [5, 5.41) is 5.80. The molecular formula is C18H18FN3O3S. The number of nitrogens with one attached hydrogen (secondary N) is 1. The number of ether oxygens (including phenoxy) is 2. The summed E-state index contributed by atoms with van der Waals surface area (Å²) >= 11 is -1.58. The molecule has 1 unspecified atom stereocenters. The average molecular weight is 375 g/mol. The van der Waals surface area contributed by atoms with Crippen LogP contribution in [-0.4, -0.2) is 23.4 Å². The molecule has 8 heteroatoms. The van der Waals surface area contributed by atoms with E-state index in [1.165, 1.54) is 20.4 Å². The molecule has 0 aliphatic rings. The fourth-order valence-corrected chi connectivity index (χ4v) is 3.04. The maximum Gasteiger partial charge on any atom is 0.164 e. The number of halogens is 1. The van der Waals surface area contributed by atoms with Crippen LogP contribution < -0.4 is 19.3 Å². The number of nitrogens with zero attached hydrogens (tertiary/aromatic N) is 1. The van der Waals surface area contributed by atoms with Gasteiger partial charge in [-0.2, -0.15) is 0 Å². The van der Waals surface area contributed by atoms with Crippen LogP contribution in [0.4, 0.5) is 4.39 Å². The van der Waals surface area contributed by atoms with E-state index in [-0.39, 0.29) is 0 Å². The van der Waals surface area contributed by atoms with Crippen molar-refractivity contribution in [1.82, 2.24) is 9.71 Å². The van der Waals surface area contributed by atoms with Gasteiger partial charge in [-0.1, -0.05) is 24.3 Å². The molecule has 1 atom stereocenters. The van der Waals surface area contributed by atoms with E-state index in [1.54, 1.807) is 24.3 Å². The smallest absolute Gasteiger partial charge is 0.164 e. The van der Waals surface area contributed by atoms with E-state index in [0.29, 0.717) is 40.1 Å². The van der Waals surface area contributed by atoms with E-state index in [4.69, 9.17) is 14.6 Å². The molecule has 0 saturated carbocycles. The summed E-state index contributed by atoms with van der Waals surface area (Å²) in [7, 11) is 3.06. The van der Waals surface area contributed by atoms with Crippen LogP contribution in [0.1, 0.15) is 5.56 Å². The maximum atomic E-state index is 14.6. The van der Waals surface area contributed by atoms with Crippen molar-refractivity contribution in [2.75, 3.05) is 14.2 Å². The molecule has 3 aromatic rings. The minimum atomic E-state index is -1.58. The van der Waals surface area contributed by atoms with Gasteiger partial charge in [0.1, 0.15) is 5.82 Å². The van der Waals surface area contributed by atoms with E-state index in [2.05, 4.69) is 9.71 Å². The van der Waals surface area contributed by atoms with E-state index in [0.717, 1.165) is 5.56 Å². The van der Waals surface area contributed by atoms with Crippen LogP contribution in [0.2, 0.25) is 0 Å². The van der Waals surface area contributed by atoms with Crippen molar-refractivity contribution in [1.29, 1.82) is 0 Å². The minimum absolute atomic E-state index is 0.355. The molecule has 1 aromatic heterocycles. The molecule has 2 aromatic carbocycles. The lowest BCUT2D eigenvalue weighted by atomic mass is 9.99. The number of pyridine rings is 1. The first kappa shape index (κ1) is 18.2. The van der Waals surface area contributed by atoms with Crippen molar-refractivity contribution >= 4 is 22.1 Å². The van der Waals surface area contributed by atoms with Gasteiger partial charge in [0.05, 0.1) is 25.9 Å². The summed E-state index contributed by atoms with van der Waals surface area (Å²) in [5.74, 6) is 0.597. The molecule has 26 heavy (non-hydrogen) atoms. The summed E-state index contributed by atoms with van der Waals surface area (Å²) in [6, 6.07) is 10.7. The highest BCUT2D eigenvalue weighted by atomic mass is 32.2. The number of rotatable bonds is 6. The van der Waals surface area contributed by atoms with Crippen LogP contribution in [0.15, 0.2) is 42.6 Å². The lowest BCUT2D eigenvalue weighted by Crippen LogP contribution is -2.22. The highest BCUT2D eigenvalue weighted by molar-refractivity contribution is 7.80. The lowest BCUT2D eigenvalue weighted by Gasteiger charge is -2.13. The van der Waals surface area contributed by atoms with E-state index >= 15 is 0 Å². The first-order valence-corrected chi connectivity index (χ1v) is 8.94. The van der Waals surface area contributed by atoms with E-state index in [1.807, 2.05) is 12.1 Å². The molecule has 0 aliphatic carbocycles. The van der Waals surface area contributed by atoms with Gasteiger partial charge in [0.2, 0.25) is 0 Å².